The van der Waals surface area contributed by atoms with Gasteiger partial charge in [-0.1, -0.05) is 29.3 Å². The Hall–Kier alpha value is -0.520. The molecule has 1 aromatic carbocycles. The van der Waals surface area contributed by atoms with Crippen LogP contribution in [0, 0.1) is 17.8 Å². The van der Waals surface area contributed by atoms with E-state index in [0.29, 0.717) is 27.4 Å². The van der Waals surface area contributed by atoms with E-state index < -0.39 is 6.10 Å². The van der Waals surface area contributed by atoms with E-state index in [1.165, 1.54) is 0 Å². The number of rotatable bonds is 4. The number of nitrogens with two attached hydrogens (primary N) is 1. The molecule has 0 radical (unpaired) electrons. The number of nitrogens with one attached hydrogen (secondary N) is 1. The van der Waals surface area contributed by atoms with Gasteiger partial charge in [-0.3, -0.25) is 4.79 Å². The first-order chi connectivity index (χ1) is 10.5. The van der Waals surface area contributed by atoms with Crippen LogP contribution in [0.5, 0.6) is 0 Å². The molecule has 128 valence electrons. The van der Waals surface area contributed by atoms with E-state index in [1.54, 1.807) is 18.2 Å². The Morgan fingerprint density at radius 2 is 1.91 bits per heavy atom. The zero-order valence-electron chi connectivity index (χ0n) is 12.5. The van der Waals surface area contributed by atoms with Crippen molar-refractivity contribution in [1.29, 1.82) is 0 Å². The normalized spacial score (nSPS) is 29.9. The third-order valence-corrected chi connectivity index (χ3v) is 5.75. The van der Waals surface area contributed by atoms with Crippen molar-refractivity contribution in [3.05, 3.63) is 33.8 Å². The van der Waals surface area contributed by atoms with Gasteiger partial charge < -0.3 is 16.2 Å². The van der Waals surface area contributed by atoms with Crippen LogP contribution in [-0.4, -0.2) is 23.6 Å². The third kappa shape index (κ3) is 3.62. The highest BCUT2D eigenvalue weighted by Gasteiger charge is 2.49. The Kier molecular flexibility index (Phi) is 6.20. The van der Waals surface area contributed by atoms with Gasteiger partial charge in [0.2, 0.25) is 5.91 Å². The van der Waals surface area contributed by atoms with E-state index in [2.05, 4.69) is 5.32 Å². The molecule has 2 aliphatic rings. The summed E-state index contributed by atoms with van der Waals surface area (Å²) in [6.45, 7) is 0.0862. The molecule has 0 aliphatic heterocycles. The number of hydrogen-bond donors (Lipinski definition) is 3. The maximum Gasteiger partial charge on any atom is 0.225 e. The lowest BCUT2D eigenvalue weighted by molar-refractivity contribution is -0.127. The second kappa shape index (κ2) is 7.58. The molecule has 2 saturated carbocycles. The van der Waals surface area contributed by atoms with Crippen LogP contribution in [0.1, 0.15) is 30.9 Å². The number of hydrogen-bond acceptors (Lipinski definition) is 3. The summed E-state index contributed by atoms with van der Waals surface area (Å²) in [4.78, 5) is 12.4. The van der Waals surface area contributed by atoms with E-state index in [1.807, 2.05) is 0 Å². The molecule has 1 aromatic rings. The lowest BCUT2D eigenvalue weighted by atomic mass is 9.84. The summed E-state index contributed by atoms with van der Waals surface area (Å²) in [5, 5.41) is 13.9. The lowest BCUT2D eigenvalue weighted by Crippen LogP contribution is -2.46. The van der Waals surface area contributed by atoms with Crippen molar-refractivity contribution in [2.75, 3.05) is 6.54 Å². The quantitative estimate of drug-likeness (QED) is 0.753. The molecule has 1 amide bonds. The molecule has 5 unspecified atom stereocenters. The number of carbonyl (C=O) groups is 1. The van der Waals surface area contributed by atoms with Crippen LogP contribution in [0.4, 0.5) is 0 Å². The molecule has 3 rings (SSSR count). The minimum absolute atomic E-state index is 0. The number of carbonyl (C=O) groups excluding carboxylic acids is 1. The van der Waals surface area contributed by atoms with Crippen LogP contribution in [0.2, 0.25) is 10.0 Å². The van der Waals surface area contributed by atoms with Crippen molar-refractivity contribution in [3.63, 3.8) is 0 Å². The van der Waals surface area contributed by atoms with Gasteiger partial charge in [0, 0.05) is 28.2 Å². The summed E-state index contributed by atoms with van der Waals surface area (Å²) in [5.41, 5.74) is 6.61. The molecular formula is C16H21Cl3N2O2. The van der Waals surface area contributed by atoms with Gasteiger partial charge in [0.05, 0.1) is 12.0 Å². The third-order valence-electron chi connectivity index (χ3n) is 5.09. The monoisotopic (exact) mass is 378 g/mol. The minimum Gasteiger partial charge on any atom is -0.386 e. The second-order valence-corrected chi connectivity index (χ2v) is 7.15. The molecule has 0 spiro atoms. The summed E-state index contributed by atoms with van der Waals surface area (Å²) in [7, 11) is 0. The Morgan fingerprint density at radius 3 is 2.48 bits per heavy atom. The molecule has 2 bridgehead atoms. The molecule has 2 aliphatic carbocycles. The largest absolute Gasteiger partial charge is 0.386 e. The predicted octanol–water partition coefficient (Wildman–Crippen LogP) is 2.94. The number of amides is 1. The molecular weight excluding hydrogens is 359 g/mol. The van der Waals surface area contributed by atoms with Crippen LogP contribution in [-0.2, 0) is 4.79 Å². The van der Waals surface area contributed by atoms with E-state index in [4.69, 9.17) is 28.9 Å². The maximum atomic E-state index is 12.4. The number of aliphatic hydroxyl groups excluding tert-OH is 1. The Labute approximate surface area is 152 Å². The van der Waals surface area contributed by atoms with Crippen molar-refractivity contribution < 1.29 is 9.90 Å². The average Bonchev–Trinajstić information content (AvgIpc) is 3.05. The molecule has 7 heteroatoms. The smallest absolute Gasteiger partial charge is 0.225 e. The highest BCUT2D eigenvalue weighted by molar-refractivity contribution is 6.36. The van der Waals surface area contributed by atoms with E-state index >= 15 is 0 Å². The van der Waals surface area contributed by atoms with Crippen LogP contribution in [0.3, 0.4) is 0 Å². The van der Waals surface area contributed by atoms with Gasteiger partial charge in [0.1, 0.15) is 0 Å². The summed E-state index contributed by atoms with van der Waals surface area (Å²) in [5.74, 6) is 0.666. The number of fused-ring (bicyclic) bond motifs is 2. The SMILES string of the molecule is Cl.NC1C2CCC(C2)C1C(=O)NCC(O)c1c(Cl)cccc1Cl. The zero-order chi connectivity index (χ0) is 15.9. The number of aliphatic hydroxyl groups is 1. The highest BCUT2D eigenvalue weighted by Crippen LogP contribution is 2.47. The first-order valence-corrected chi connectivity index (χ1v) is 8.40. The van der Waals surface area contributed by atoms with Crippen LogP contribution in [0.25, 0.3) is 0 Å². The molecule has 2 fully saturated rings. The minimum atomic E-state index is -0.931. The van der Waals surface area contributed by atoms with Crippen LogP contribution in [0.15, 0.2) is 18.2 Å². The van der Waals surface area contributed by atoms with Crippen molar-refractivity contribution >= 4 is 41.5 Å². The van der Waals surface area contributed by atoms with Crippen molar-refractivity contribution in [1.82, 2.24) is 5.32 Å². The highest BCUT2D eigenvalue weighted by atomic mass is 35.5. The summed E-state index contributed by atoms with van der Waals surface area (Å²) >= 11 is 12.1. The lowest BCUT2D eigenvalue weighted by Gasteiger charge is -2.27. The maximum absolute atomic E-state index is 12.4. The first kappa shape index (κ1) is 18.8. The van der Waals surface area contributed by atoms with E-state index in [-0.39, 0.29) is 36.8 Å². The van der Waals surface area contributed by atoms with Gasteiger partial charge in [-0.05, 0) is 43.2 Å². The molecule has 4 N–H and O–H groups in total. The standard InChI is InChI=1S/C16H20Cl2N2O2.ClH/c17-10-2-1-3-11(18)14(10)12(21)7-20-16(22)13-8-4-5-9(6-8)15(13)19;/h1-3,8-9,12-13,15,21H,4-7,19H2,(H,20,22);1H. The Balaban J connectivity index is 0.00000192. The van der Waals surface area contributed by atoms with E-state index in [0.717, 1.165) is 19.3 Å². The van der Waals surface area contributed by atoms with Crippen LogP contribution < -0.4 is 11.1 Å². The Bertz CT molecular complexity index is 562. The zero-order valence-corrected chi connectivity index (χ0v) is 14.9. The fourth-order valence-electron chi connectivity index (χ4n) is 3.97. The summed E-state index contributed by atoms with van der Waals surface area (Å²) < 4.78 is 0. The molecule has 23 heavy (non-hydrogen) atoms. The second-order valence-electron chi connectivity index (χ2n) is 6.33. The van der Waals surface area contributed by atoms with Crippen molar-refractivity contribution in [3.8, 4) is 0 Å². The van der Waals surface area contributed by atoms with Gasteiger partial charge in [0.15, 0.2) is 0 Å². The molecule has 5 atom stereocenters. The molecule has 4 nitrogen and oxygen atoms in total. The van der Waals surface area contributed by atoms with Gasteiger partial charge in [0.25, 0.3) is 0 Å². The van der Waals surface area contributed by atoms with E-state index in [9.17, 15) is 9.90 Å². The Morgan fingerprint density at radius 1 is 1.30 bits per heavy atom. The topological polar surface area (TPSA) is 75.4 Å². The van der Waals surface area contributed by atoms with Crippen molar-refractivity contribution in [2.24, 2.45) is 23.5 Å². The number of benzene rings is 1. The fraction of sp³-hybridized carbons (Fsp3) is 0.562. The molecule has 0 heterocycles. The fourth-order valence-corrected chi connectivity index (χ4v) is 4.62. The molecule has 0 saturated heterocycles. The molecule has 0 aromatic heterocycles. The van der Waals surface area contributed by atoms with Crippen molar-refractivity contribution in [2.45, 2.75) is 31.4 Å². The van der Waals surface area contributed by atoms with Crippen LogP contribution >= 0.6 is 35.6 Å². The predicted molar refractivity (Wildman–Crippen MR) is 94.0 cm³/mol. The van der Waals surface area contributed by atoms with Gasteiger partial charge in [-0.2, -0.15) is 0 Å². The number of halogens is 3. The van der Waals surface area contributed by atoms with Gasteiger partial charge in [-0.15, -0.1) is 12.4 Å². The summed E-state index contributed by atoms with van der Waals surface area (Å²) in [6.07, 6.45) is 2.33. The van der Waals surface area contributed by atoms with Gasteiger partial charge >= 0.3 is 0 Å². The van der Waals surface area contributed by atoms with Gasteiger partial charge in [-0.25, -0.2) is 0 Å². The average molecular weight is 380 g/mol. The first-order valence-electron chi connectivity index (χ1n) is 7.64. The summed E-state index contributed by atoms with van der Waals surface area (Å²) in [6, 6.07) is 4.99.